The van der Waals surface area contributed by atoms with Gasteiger partial charge >= 0.3 is 0 Å². The maximum absolute atomic E-state index is 12.9. The van der Waals surface area contributed by atoms with Crippen LogP contribution in [0.3, 0.4) is 0 Å². The molecule has 0 bridgehead atoms. The molecule has 3 nitrogen and oxygen atoms in total. The van der Waals surface area contributed by atoms with Gasteiger partial charge in [0.25, 0.3) is 0 Å². The molecule has 0 radical (unpaired) electrons. The molecule has 1 aromatic carbocycles. The molecule has 100 valence electrons. The number of benzene rings is 1. The lowest BCUT2D eigenvalue weighted by molar-refractivity contribution is -0.122. The fourth-order valence-corrected chi connectivity index (χ4v) is 1.53. The average Bonchev–Trinajstić information content (AvgIpc) is 2.37. The Balaban J connectivity index is 2.44. The van der Waals surface area contributed by atoms with E-state index in [2.05, 4.69) is 5.32 Å². The Labute approximate surface area is 105 Å². The second-order valence-electron chi connectivity index (χ2n) is 4.10. The fraction of sp³-hybridized carbons (Fsp3) is 0.462. The van der Waals surface area contributed by atoms with Gasteiger partial charge in [0, 0.05) is 6.42 Å². The number of aryl methyl sites for hydroxylation is 1. The lowest BCUT2D eigenvalue weighted by Gasteiger charge is -2.13. The molecule has 1 amide bonds. The molecule has 0 aliphatic carbocycles. The first-order valence-corrected chi connectivity index (χ1v) is 5.91. The van der Waals surface area contributed by atoms with Crippen molar-refractivity contribution in [2.24, 2.45) is 0 Å². The SMILES string of the molecule is CCC(CO)NC(=O)CCc1ccc(F)c(F)c1. The molecular formula is C13H17F2NO2. The maximum atomic E-state index is 12.9. The molecule has 1 atom stereocenters. The van der Waals surface area contributed by atoms with Crippen LogP contribution in [0.5, 0.6) is 0 Å². The summed E-state index contributed by atoms with van der Waals surface area (Å²) in [5.74, 6) is -2.01. The highest BCUT2D eigenvalue weighted by Gasteiger charge is 2.09. The van der Waals surface area contributed by atoms with Crippen molar-refractivity contribution in [1.82, 2.24) is 5.32 Å². The van der Waals surface area contributed by atoms with Crippen molar-refractivity contribution in [2.75, 3.05) is 6.61 Å². The van der Waals surface area contributed by atoms with Gasteiger partial charge < -0.3 is 10.4 Å². The summed E-state index contributed by atoms with van der Waals surface area (Å²) in [6.45, 7) is 1.75. The Morgan fingerprint density at radius 2 is 2.11 bits per heavy atom. The number of aliphatic hydroxyl groups excluding tert-OH is 1. The predicted octanol–water partition coefficient (Wildman–Crippen LogP) is 1.78. The number of nitrogens with one attached hydrogen (secondary N) is 1. The van der Waals surface area contributed by atoms with Crippen LogP contribution in [0, 0.1) is 11.6 Å². The molecule has 0 aliphatic heterocycles. The monoisotopic (exact) mass is 257 g/mol. The van der Waals surface area contributed by atoms with E-state index < -0.39 is 11.6 Å². The first kappa shape index (κ1) is 14.6. The van der Waals surface area contributed by atoms with Crippen LogP contribution in [-0.2, 0) is 11.2 Å². The van der Waals surface area contributed by atoms with E-state index in [1.807, 2.05) is 6.92 Å². The standard InChI is InChI=1S/C13H17F2NO2/c1-2-10(8-17)16-13(18)6-4-9-3-5-11(14)12(15)7-9/h3,5,7,10,17H,2,4,6,8H2,1H3,(H,16,18). The summed E-state index contributed by atoms with van der Waals surface area (Å²) in [5.41, 5.74) is 0.570. The minimum atomic E-state index is -0.908. The third-order valence-corrected chi connectivity index (χ3v) is 2.70. The van der Waals surface area contributed by atoms with Gasteiger partial charge in [0.15, 0.2) is 11.6 Å². The number of hydrogen-bond donors (Lipinski definition) is 2. The maximum Gasteiger partial charge on any atom is 0.220 e. The largest absolute Gasteiger partial charge is 0.394 e. The van der Waals surface area contributed by atoms with E-state index in [-0.39, 0.29) is 25.0 Å². The van der Waals surface area contributed by atoms with Crippen molar-refractivity contribution >= 4 is 5.91 Å². The second kappa shape index (κ2) is 7.06. The Bertz CT molecular complexity index is 406. The minimum Gasteiger partial charge on any atom is -0.394 e. The van der Waals surface area contributed by atoms with Crippen molar-refractivity contribution in [3.05, 3.63) is 35.4 Å². The fourth-order valence-electron chi connectivity index (χ4n) is 1.53. The van der Waals surface area contributed by atoms with Gasteiger partial charge in [-0.05, 0) is 30.5 Å². The zero-order valence-electron chi connectivity index (χ0n) is 10.2. The lowest BCUT2D eigenvalue weighted by atomic mass is 10.1. The van der Waals surface area contributed by atoms with E-state index in [9.17, 15) is 13.6 Å². The number of carbonyl (C=O) groups is 1. The molecule has 1 aromatic rings. The Kier molecular flexibility index (Phi) is 5.71. The van der Waals surface area contributed by atoms with Crippen LogP contribution in [0.2, 0.25) is 0 Å². The van der Waals surface area contributed by atoms with Crippen LogP contribution in [0.4, 0.5) is 8.78 Å². The molecule has 0 spiro atoms. The van der Waals surface area contributed by atoms with Crippen LogP contribution >= 0.6 is 0 Å². The first-order chi connectivity index (χ1) is 8.56. The number of halogens is 2. The van der Waals surface area contributed by atoms with Gasteiger partial charge in [-0.1, -0.05) is 13.0 Å². The van der Waals surface area contributed by atoms with Crippen LogP contribution < -0.4 is 5.32 Å². The molecule has 1 rings (SSSR count). The van der Waals surface area contributed by atoms with E-state index in [1.165, 1.54) is 6.07 Å². The molecule has 0 fully saturated rings. The second-order valence-corrected chi connectivity index (χ2v) is 4.10. The Hall–Kier alpha value is -1.49. The zero-order valence-corrected chi connectivity index (χ0v) is 10.2. The van der Waals surface area contributed by atoms with Gasteiger partial charge in [-0.15, -0.1) is 0 Å². The molecule has 0 saturated heterocycles. The topological polar surface area (TPSA) is 49.3 Å². The number of hydrogen-bond acceptors (Lipinski definition) is 2. The summed E-state index contributed by atoms with van der Waals surface area (Å²) in [6.07, 6.45) is 1.17. The van der Waals surface area contributed by atoms with Gasteiger partial charge in [-0.25, -0.2) is 8.78 Å². The summed E-state index contributed by atoms with van der Waals surface area (Å²) in [6, 6.07) is 3.34. The van der Waals surface area contributed by atoms with Crippen molar-refractivity contribution in [2.45, 2.75) is 32.2 Å². The van der Waals surface area contributed by atoms with Gasteiger partial charge in [0.05, 0.1) is 12.6 Å². The van der Waals surface area contributed by atoms with E-state index >= 15 is 0 Å². The molecule has 2 N–H and O–H groups in total. The average molecular weight is 257 g/mol. The summed E-state index contributed by atoms with van der Waals surface area (Å²) in [5, 5.41) is 11.6. The van der Waals surface area contributed by atoms with E-state index in [1.54, 1.807) is 0 Å². The number of rotatable bonds is 6. The number of carbonyl (C=O) groups excluding carboxylic acids is 1. The molecule has 0 aliphatic rings. The quantitative estimate of drug-likeness (QED) is 0.816. The van der Waals surface area contributed by atoms with Crippen LogP contribution in [-0.4, -0.2) is 23.7 Å². The third kappa shape index (κ3) is 4.41. The highest BCUT2D eigenvalue weighted by Crippen LogP contribution is 2.10. The molecule has 0 aromatic heterocycles. The summed E-state index contributed by atoms with van der Waals surface area (Å²) >= 11 is 0. The van der Waals surface area contributed by atoms with Gasteiger partial charge in [0.1, 0.15) is 0 Å². The van der Waals surface area contributed by atoms with Crippen molar-refractivity contribution < 1.29 is 18.7 Å². The van der Waals surface area contributed by atoms with E-state index in [0.717, 1.165) is 12.1 Å². The van der Waals surface area contributed by atoms with Crippen LogP contribution in [0.1, 0.15) is 25.3 Å². The van der Waals surface area contributed by atoms with E-state index in [0.29, 0.717) is 18.4 Å². The third-order valence-electron chi connectivity index (χ3n) is 2.70. The molecular weight excluding hydrogens is 240 g/mol. The van der Waals surface area contributed by atoms with Gasteiger partial charge in [-0.2, -0.15) is 0 Å². The number of amides is 1. The van der Waals surface area contributed by atoms with Crippen LogP contribution in [0.25, 0.3) is 0 Å². The summed E-state index contributed by atoms with van der Waals surface area (Å²) < 4.78 is 25.6. The molecule has 0 heterocycles. The summed E-state index contributed by atoms with van der Waals surface area (Å²) in [4.78, 5) is 11.5. The highest BCUT2D eigenvalue weighted by atomic mass is 19.2. The normalized spacial score (nSPS) is 12.2. The van der Waals surface area contributed by atoms with Crippen molar-refractivity contribution in [1.29, 1.82) is 0 Å². The Morgan fingerprint density at radius 1 is 1.39 bits per heavy atom. The van der Waals surface area contributed by atoms with Gasteiger partial charge in [-0.3, -0.25) is 4.79 Å². The molecule has 18 heavy (non-hydrogen) atoms. The highest BCUT2D eigenvalue weighted by molar-refractivity contribution is 5.76. The summed E-state index contributed by atoms with van der Waals surface area (Å²) in [7, 11) is 0. The zero-order chi connectivity index (χ0) is 13.5. The van der Waals surface area contributed by atoms with Crippen molar-refractivity contribution in [3.8, 4) is 0 Å². The number of aliphatic hydroxyl groups is 1. The molecule has 0 saturated carbocycles. The molecule has 1 unspecified atom stereocenters. The lowest BCUT2D eigenvalue weighted by Crippen LogP contribution is -2.37. The first-order valence-electron chi connectivity index (χ1n) is 5.91. The minimum absolute atomic E-state index is 0.104. The van der Waals surface area contributed by atoms with Gasteiger partial charge in [0.2, 0.25) is 5.91 Å². The Morgan fingerprint density at radius 3 is 2.67 bits per heavy atom. The smallest absolute Gasteiger partial charge is 0.220 e. The van der Waals surface area contributed by atoms with E-state index in [4.69, 9.17) is 5.11 Å². The molecule has 5 heteroatoms. The predicted molar refractivity (Wildman–Crippen MR) is 64.0 cm³/mol. The van der Waals surface area contributed by atoms with Crippen molar-refractivity contribution in [3.63, 3.8) is 0 Å². The van der Waals surface area contributed by atoms with Crippen LogP contribution in [0.15, 0.2) is 18.2 Å².